The first-order chi connectivity index (χ1) is 9.77. The van der Waals surface area contributed by atoms with Crippen LogP contribution in [-0.2, 0) is 9.47 Å². The monoisotopic (exact) mass is 276 g/mol. The number of ether oxygens (including phenoxy) is 2. The molecular formula is C14H16N2O4. The summed E-state index contributed by atoms with van der Waals surface area (Å²) in [7, 11) is 0. The average molecular weight is 276 g/mol. The fraction of sp³-hybridized carbons (Fsp3) is 0.429. The highest BCUT2D eigenvalue weighted by molar-refractivity contribution is 5.81. The van der Waals surface area contributed by atoms with E-state index in [-0.39, 0.29) is 0 Å². The number of pyridine rings is 1. The molecule has 3 rings (SSSR count). The highest BCUT2D eigenvalue weighted by Gasteiger charge is 2.28. The van der Waals surface area contributed by atoms with Crippen LogP contribution in [0.3, 0.4) is 0 Å². The second-order valence-electron chi connectivity index (χ2n) is 4.68. The van der Waals surface area contributed by atoms with Gasteiger partial charge in [0.1, 0.15) is 0 Å². The summed E-state index contributed by atoms with van der Waals surface area (Å²) < 4.78 is 11.0. The van der Waals surface area contributed by atoms with Crippen LogP contribution in [0.2, 0.25) is 0 Å². The molecule has 6 nitrogen and oxygen atoms in total. The fourth-order valence-corrected chi connectivity index (χ4v) is 2.50. The Morgan fingerprint density at radius 1 is 1.40 bits per heavy atom. The van der Waals surface area contributed by atoms with E-state index in [0.717, 1.165) is 18.4 Å². The van der Waals surface area contributed by atoms with E-state index in [1.807, 2.05) is 12.1 Å². The fourth-order valence-electron chi connectivity index (χ4n) is 2.50. The molecule has 20 heavy (non-hydrogen) atoms. The summed E-state index contributed by atoms with van der Waals surface area (Å²) in [5.41, 5.74) is 2.03. The van der Waals surface area contributed by atoms with Gasteiger partial charge in [-0.05, 0) is 18.9 Å². The zero-order valence-electron chi connectivity index (χ0n) is 11.0. The van der Waals surface area contributed by atoms with Crippen LogP contribution in [-0.4, -0.2) is 40.8 Å². The lowest BCUT2D eigenvalue weighted by atomic mass is 10.1. The van der Waals surface area contributed by atoms with Crippen LogP contribution in [0.15, 0.2) is 24.4 Å². The molecule has 0 bridgehead atoms. The quantitative estimate of drug-likeness (QED) is 0.897. The molecule has 6 heteroatoms. The standard InChI is InChI=1S/C14H16N2O4/c17-14(18)16-7-2-1-5-11(16)12-10(4-3-6-15-12)13-19-8-9-20-13/h3-6,13H,1-2,7-9H2,(H,17,18). The summed E-state index contributed by atoms with van der Waals surface area (Å²) >= 11 is 0. The van der Waals surface area contributed by atoms with E-state index >= 15 is 0 Å². The predicted molar refractivity (Wildman–Crippen MR) is 70.8 cm³/mol. The summed E-state index contributed by atoms with van der Waals surface area (Å²) in [4.78, 5) is 17.0. The maximum atomic E-state index is 11.4. The van der Waals surface area contributed by atoms with Gasteiger partial charge in [0.25, 0.3) is 0 Å². The average Bonchev–Trinajstić information content (AvgIpc) is 3.01. The molecule has 0 unspecified atom stereocenters. The van der Waals surface area contributed by atoms with Crippen LogP contribution in [0.4, 0.5) is 4.79 Å². The van der Waals surface area contributed by atoms with E-state index in [1.165, 1.54) is 4.90 Å². The number of aromatic nitrogens is 1. The lowest BCUT2D eigenvalue weighted by Crippen LogP contribution is -2.32. The van der Waals surface area contributed by atoms with E-state index in [4.69, 9.17) is 9.47 Å². The van der Waals surface area contributed by atoms with Crippen LogP contribution in [0.1, 0.15) is 30.4 Å². The van der Waals surface area contributed by atoms with Crippen molar-refractivity contribution in [1.82, 2.24) is 9.88 Å². The maximum absolute atomic E-state index is 11.4. The first kappa shape index (κ1) is 13.1. The highest BCUT2D eigenvalue weighted by atomic mass is 16.7. The molecule has 2 aliphatic rings. The zero-order chi connectivity index (χ0) is 13.9. The summed E-state index contributed by atoms with van der Waals surface area (Å²) in [5, 5.41) is 9.32. The van der Waals surface area contributed by atoms with Crippen LogP contribution in [0, 0.1) is 0 Å². The first-order valence-corrected chi connectivity index (χ1v) is 6.66. The van der Waals surface area contributed by atoms with Gasteiger partial charge >= 0.3 is 6.09 Å². The van der Waals surface area contributed by atoms with Gasteiger partial charge in [0.2, 0.25) is 0 Å². The first-order valence-electron chi connectivity index (χ1n) is 6.66. The Hall–Kier alpha value is -1.92. The Bertz CT molecular complexity index is 538. The normalized spacial score (nSPS) is 20.0. The minimum atomic E-state index is -0.958. The lowest BCUT2D eigenvalue weighted by Gasteiger charge is -2.27. The molecule has 0 saturated carbocycles. The number of allylic oxidation sites excluding steroid dienone is 1. The third kappa shape index (κ3) is 2.39. The Morgan fingerprint density at radius 3 is 2.95 bits per heavy atom. The van der Waals surface area contributed by atoms with E-state index in [9.17, 15) is 9.90 Å². The van der Waals surface area contributed by atoms with Crippen molar-refractivity contribution in [3.8, 4) is 0 Å². The smallest absolute Gasteiger partial charge is 0.411 e. The molecule has 106 valence electrons. The van der Waals surface area contributed by atoms with Gasteiger partial charge in [-0.2, -0.15) is 0 Å². The van der Waals surface area contributed by atoms with Crippen molar-refractivity contribution in [2.75, 3.05) is 19.8 Å². The number of carboxylic acid groups (broad SMARTS) is 1. The molecule has 1 saturated heterocycles. The molecule has 0 aromatic carbocycles. The number of carbonyl (C=O) groups is 1. The maximum Gasteiger partial charge on any atom is 0.411 e. The van der Waals surface area contributed by atoms with Crippen molar-refractivity contribution in [1.29, 1.82) is 0 Å². The van der Waals surface area contributed by atoms with Crippen LogP contribution >= 0.6 is 0 Å². The van der Waals surface area contributed by atoms with Gasteiger partial charge in [0.15, 0.2) is 6.29 Å². The molecule has 1 fully saturated rings. The second-order valence-corrected chi connectivity index (χ2v) is 4.68. The molecule has 0 spiro atoms. The van der Waals surface area contributed by atoms with Gasteiger partial charge in [-0.3, -0.25) is 9.88 Å². The molecule has 0 radical (unpaired) electrons. The second kappa shape index (κ2) is 5.60. The van der Waals surface area contributed by atoms with Gasteiger partial charge in [-0.25, -0.2) is 4.79 Å². The van der Waals surface area contributed by atoms with Gasteiger partial charge in [0.05, 0.1) is 24.6 Å². The Labute approximate surface area is 116 Å². The lowest BCUT2D eigenvalue weighted by molar-refractivity contribution is -0.0446. The third-order valence-electron chi connectivity index (χ3n) is 3.40. The largest absolute Gasteiger partial charge is 0.465 e. The van der Waals surface area contributed by atoms with E-state index < -0.39 is 12.4 Å². The van der Waals surface area contributed by atoms with Gasteiger partial charge in [0, 0.05) is 18.3 Å². The van der Waals surface area contributed by atoms with Crippen molar-refractivity contribution in [2.45, 2.75) is 19.1 Å². The molecule has 1 aromatic rings. The van der Waals surface area contributed by atoms with Crippen molar-refractivity contribution in [3.63, 3.8) is 0 Å². The van der Waals surface area contributed by atoms with Crippen molar-refractivity contribution in [3.05, 3.63) is 35.7 Å². The SMILES string of the molecule is O=C(O)N1CCCC=C1c1ncccc1C1OCCO1. The van der Waals surface area contributed by atoms with Crippen LogP contribution < -0.4 is 0 Å². The zero-order valence-corrected chi connectivity index (χ0v) is 11.0. The van der Waals surface area contributed by atoms with E-state index in [0.29, 0.717) is 31.1 Å². The Kier molecular flexibility index (Phi) is 3.66. The van der Waals surface area contributed by atoms with Crippen molar-refractivity contribution < 1.29 is 19.4 Å². The van der Waals surface area contributed by atoms with Gasteiger partial charge in [-0.15, -0.1) is 0 Å². The molecule has 1 N–H and O–H groups in total. The summed E-state index contributed by atoms with van der Waals surface area (Å²) in [6.45, 7) is 1.57. The van der Waals surface area contributed by atoms with E-state index in [2.05, 4.69) is 4.98 Å². The summed E-state index contributed by atoms with van der Waals surface area (Å²) in [5.74, 6) is 0. The van der Waals surface area contributed by atoms with Crippen molar-refractivity contribution >= 4 is 11.8 Å². The molecular weight excluding hydrogens is 260 g/mol. The molecule has 3 heterocycles. The molecule has 1 aromatic heterocycles. The summed E-state index contributed by atoms with van der Waals surface area (Å²) in [6, 6.07) is 3.67. The minimum absolute atomic E-state index is 0.461. The minimum Gasteiger partial charge on any atom is -0.465 e. The number of rotatable bonds is 2. The number of nitrogens with zero attached hydrogens (tertiary/aromatic N) is 2. The molecule has 0 atom stereocenters. The highest BCUT2D eigenvalue weighted by Crippen LogP contribution is 2.32. The number of hydrogen-bond donors (Lipinski definition) is 1. The topological polar surface area (TPSA) is 71.9 Å². The van der Waals surface area contributed by atoms with Gasteiger partial charge in [-0.1, -0.05) is 12.1 Å². The van der Waals surface area contributed by atoms with Gasteiger partial charge < -0.3 is 14.6 Å². The number of amides is 1. The number of hydrogen-bond acceptors (Lipinski definition) is 4. The van der Waals surface area contributed by atoms with Crippen LogP contribution in [0.25, 0.3) is 5.70 Å². The molecule has 0 aliphatic carbocycles. The Balaban J connectivity index is 2.00. The Morgan fingerprint density at radius 2 is 2.20 bits per heavy atom. The summed E-state index contributed by atoms with van der Waals surface area (Å²) in [6.07, 6.45) is 3.83. The third-order valence-corrected chi connectivity index (χ3v) is 3.40. The molecule has 2 aliphatic heterocycles. The predicted octanol–water partition coefficient (Wildman–Crippen LogP) is 2.24. The van der Waals surface area contributed by atoms with Crippen LogP contribution in [0.5, 0.6) is 0 Å². The molecule has 1 amide bonds. The van der Waals surface area contributed by atoms with Crippen molar-refractivity contribution in [2.24, 2.45) is 0 Å². The van der Waals surface area contributed by atoms with E-state index in [1.54, 1.807) is 12.3 Å².